The number of carbonyl (C=O) groups is 2. The highest BCUT2D eigenvalue weighted by Crippen LogP contribution is 2.26. The molecule has 30 heavy (non-hydrogen) atoms. The van der Waals surface area contributed by atoms with Gasteiger partial charge in [-0.2, -0.15) is 0 Å². The number of benzene rings is 2. The zero-order valence-corrected chi connectivity index (χ0v) is 16.8. The summed E-state index contributed by atoms with van der Waals surface area (Å²) in [6.07, 6.45) is 7.63. The summed E-state index contributed by atoms with van der Waals surface area (Å²) in [6.45, 7) is 1.01. The molecule has 7 heteroatoms. The number of ether oxygens (including phenoxy) is 1. The van der Waals surface area contributed by atoms with Crippen molar-refractivity contribution in [2.45, 2.75) is 12.8 Å². The lowest BCUT2D eigenvalue weighted by atomic mass is 10.2. The third-order valence-electron chi connectivity index (χ3n) is 4.15. The van der Waals surface area contributed by atoms with E-state index in [1.807, 2.05) is 0 Å². The molecule has 2 rings (SSSR count). The van der Waals surface area contributed by atoms with Crippen LogP contribution in [0.4, 0.5) is 0 Å². The Bertz CT molecular complexity index is 904. The molecule has 0 aliphatic carbocycles. The van der Waals surface area contributed by atoms with Crippen LogP contribution in [0.15, 0.2) is 54.6 Å². The zero-order chi connectivity index (χ0) is 21.8. The Kier molecular flexibility index (Phi) is 8.99. The first kappa shape index (κ1) is 22.5. The second kappa shape index (κ2) is 12.0. The van der Waals surface area contributed by atoms with Crippen LogP contribution < -0.4 is 15.4 Å². The molecule has 0 spiro atoms. The van der Waals surface area contributed by atoms with Gasteiger partial charge < -0.3 is 25.6 Å². The fourth-order valence-electron chi connectivity index (χ4n) is 2.52. The third kappa shape index (κ3) is 8.10. The lowest BCUT2D eigenvalue weighted by molar-refractivity contribution is -0.117. The normalized spacial score (nSPS) is 11.0. The lowest BCUT2D eigenvalue weighted by Gasteiger charge is -2.05. The average Bonchev–Trinajstić information content (AvgIpc) is 2.75. The van der Waals surface area contributed by atoms with E-state index in [0.717, 1.165) is 24.0 Å². The van der Waals surface area contributed by atoms with E-state index < -0.39 is 0 Å². The number of aromatic hydroxyl groups is 2. The topological polar surface area (TPSA) is 108 Å². The van der Waals surface area contributed by atoms with Crippen molar-refractivity contribution >= 4 is 24.0 Å². The quantitative estimate of drug-likeness (QED) is 0.356. The molecule has 2 amide bonds. The van der Waals surface area contributed by atoms with Gasteiger partial charge in [0.1, 0.15) is 5.75 Å². The number of hydrogen-bond acceptors (Lipinski definition) is 5. The van der Waals surface area contributed by atoms with E-state index in [1.165, 1.54) is 25.3 Å². The minimum absolute atomic E-state index is 0.0436. The van der Waals surface area contributed by atoms with Crippen molar-refractivity contribution in [3.8, 4) is 17.2 Å². The number of phenols is 2. The third-order valence-corrected chi connectivity index (χ3v) is 4.15. The first-order valence-electron chi connectivity index (χ1n) is 9.56. The molecular formula is C23H26N2O5. The number of rotatable bonds is 10. The number of unbranched alkanes of at least 4 members (excludes halogenated alkanes) is 1. The predicted molar refractivity (Wildman–Crippen MR) is 116 cm³/mol. The largest absolute Gasteiger partial charge is 0.508 e. The van der Waals surface area contributed by atoms with Gasteiger partial charge in [0.2, 0.25) is 11.8 Å². The van der Waals surface area contributed by atoms with Gasteiger partial charge in [0, 0.05) is 25.2 Å². The summed E-state index contributed by atoms with van der Waals surface area (Å²) >= 11 is 0. The monoisotopic (exact) mass is 410 g/mol. The fraction of sp³-hybridized carbons (Fsp3) is 0.217. The van der Waals surface area contributed by atoms with Crippen LogP contribution >= 0.6 is 0 Å². The van der Waals surface area contributed by atoms with Gasteiger partial charge in [-0.3, -0.25) is 9.59 Å². The molecule has 0 fully saturated rings. The summed E-state index contributed by atoms with van der Waals surface area (Å²) in [4.78, 5) is 23.6. The Labute approximate surface area is 175 Å². The zero-order valence-electron chi connectivity index (χ0n) is 16.8. The molecule has 0 aliphatic heterocycles. The highest BCUT2D eigenvalue weighted by Gasteiger charge is 2.01. The van der Waals surface area contributed by atoms with Crippen LogP contribution in [0.1, 0.15) is 24.0 Å². The highest BCUT2D eigenvalue weighted by molar-refractivity contribution is 5.92. The molecule has 0 saturated carbocycles. The molecular weight excluding hydrogens is 384 g/mol. The molecule has 0 heterocycles. The molecule has 0 aliphatic rings. The average molecular weight is 410 g/mol. The first-order chi connectivity index (χ1) is 14.5. The highest BCUT2D eigenvalue weighted by atomic mass is 16.5. The molecule has 158 valence electrons. The molecule has 0 aromatic heterocycles. The standard InChI is InChI=1S/C23H26N2O5/c1-30-21-16-18(6-11-20(21)27)8-13-23(29)25-15-3-2-14-24-22(28)12-7-17-4-9-19(26)10-5-17/h4-13,16,26-27H,2-3,14-15H2,1H3,(H,24,28)(H,25,29)/b12-7+,13-8+. The number of methoxy groups -OCH3 is 1. The molecule has 0 radical (unpaired) electrons. The smallest absolute Gasteiger partial charge is 0.243 e. The van der Waals surface area contributed by atoms with Crippen LogP contribution in [-0.2, 0) is 9.59 Å². The summed E-state index contributed by atoms with van der Waals surface area (Å²) in [5.74, 6) is 0.154. The Hall–Kier alpha value is -3.74. The lowest BCUT2D eigenvalue weighted by Crippen LogP contribution is -2.25. The molecule has 0 bridgehead atoms. The van der Waals surface area contributed by atoms with Crippen molar-refractivity contribution in [3.63, 3.8) is 0 Å². The maximum absolute atomic E-state index is 11.8. The summed E-state index contributed by atoms with van der Waals surface area (Å²) in [5, 5.41) is 24.3. The maximum atomic E-state index is 11.8. The maximum Gasteiger partial charge on any atom is 0.243 e. The van der Waals surface area contributed by atoms with Crippen molar-refractivity contribution in [1.82, 2.24) is 10.6 Å². The minimum Gasteiger partial charge on any atom is -0.508 e. The number of carbonyl (C=O) groups excluding carboxylic acids is 2. The van der Waals surface area contributed by atoms with Gasteiger partial charge in [-0.25, -0.2) is 0 Å². The van der Waals surface area contributed by atoms with Crippen molar-refractivity contribution in [1.29, 1.82) is 0 Å². The number of amides is 2. The van der Waals surface area contributed by atoms with Crippen molar-refractivity contribution in [2.24, 2.45) is 0 Å². The van der Waals surface area contributed by atoms with E-state index in [4.69, 9.17) is 4.74 Å². The van der Waals surface area contributed by atoms with Gasteiger partial charge in [-0.1, -0.05) is 18.2 Å². The molecule has 4 N–H and O–H groups in total. The second-order valence-corrected chi connectivity index (χ2v) is 6.48. The summed E-state index contributed by atoms with van der Waals surface area (Å²) < 4.78 is 5.03. The predicted octanol–water partition coefficient (Wildman–Crippen LogP) is 2.85. The molecule has 2 aromatic rings. The van der Waals surface area contributed by atoms with Crippen LogP contribution in [-0.4, -0.2) is 42.2 Å². The van der Waals surface area contributed by atoms with Gasteiger partial charge in [0.15, 0.2) is 11.5 Å². The minimum atomic E-state index is -0.220. The number of hydrogen-bond donors (Lipinski definition) is 4. The summed E-state index contributed by atoms with van der Waals surface area (Å²) in [6, 6.07) is 11.4. The summed E-state index contributed by atoms with van der Waals surface area (Å²) in [7, 11) is 1.46. The van der Waals surface area contributed by atoms with Gasteiger partial charge in [-0.15, -0.1) is 0 Å². The van der Waals surface area contributed by atoms with Crippen molar-refractivity contribution in [2.75, 3.05) is 20.2 Å². The molecule has 0 unspecified atom stereocenters. The molecule has 7 nitrogen and oxygen atoms in total. The Morgan fingerprint density at radius 2 is 1.40 bits per heavy atom. The van der Waals surface area contributed by atoms with E-state index in [9.17, 15) is 19.8 Å². The van der Waals surface area contributed by atoms with E-state index in [2.05, 4.69) is 10.6 Å². The SMILES string of the molecule is COc1cc(/C=C/C(=O)NCCCCNC(=O)/C=C/c2ccc(O)cc2)ccc1O. The molecule has 2 aromatic carbocycles. The number of nitrogens with one attached hydrogen (secondary N) is 2. The summed E-state index contributed by atoms with van der Waals surface area (Å²) in [5.41, 5.74) is 1.56. The van der Waals surface area contributed by atoms with Gasteiger partial charge in [0.25, 0.3) is 0 Å². The number of phenolic OH excluding ortho intramolecular Hbond substituents is 2. The van der Waals surface area contributed by atoms with Crippen LogP contribution in [0.25, 0.3) is 12.2 Å². The Balaban J connectivity index is 1.60. The van der Waals surface area contributed by atoms with E-state index in [1.54, 1.807) is 48.6 Å². The first-order valence-corrected chi connectivity index (χ1v) is 9.56. The van der Waals surface area contributed by atoms with Gasteiger partial charge in [-0.05, 0) is 60.4 Å². The van der Waals surface area contributed by atoms with Crippen LogP contribution in [0, 0.1) is 0 Å². The van der Waals surface area contributed by atoms with Crippen molar-refractivity contribution < 1.29 is 24.5 Å². The van der Waals surface area contributed by atoms with E-state index >= 15 is 0 Å². The van der Waals surface area contributed by atoms with Gasteiger partial charge in [0.05, 0.1) is 7.11 Å². The fourth-order valence-corrected chi connectivity index (χ4v) is 2.52. The van der Waals surface area contributed by atoms with Crippen LogP contribution in [0.3, 0.4) is 0 Å². The van der Waals surface area contributed by atoms with Crippen LogP contribution in [0.2, 0.25) is 0 Å². The van der Waals surface area contributed by atoms with Crippen LogP contribution in [0.5, 0.6) is 17.2 Å². The second-order valence-electron chi connectivity index (χ2n) is 6.48. The van der Waals surface area contributed by atoms with E-state index in [-0.39, 0.29) is 23.3 Å². The van der Waals surface area contributed by atoms with Gasteiger partial charge >= 0.3 is 0 Å². The van der Waals surface area contributed by atoms with Crippen molar-refractivity contribution in [3.05, 3.63) is 65.7 Å². The molecule has 0 saturated heterocycles. The van der Waals surface area contributed by atoms with E-state index in [0.29, 0.717) is 18.8 Å². The Morgan fingerprint density at radius 3 is 1.97 bits per heavy atom. The Morgan fingerprint density at radius 1 is 0.867 bits per heavy atom. The molecule has 0 atom stereocenters.